The third-order valence-electron chi connectivity index (χ3n) is 3.38. The van der Waals surface area contributed by atoms with Gasteiger partial charge in [0.2, 0.25) is 0 Å². The maximum atomic E-state index is 13.4. The molecule has 2 aromatic rings. The molecule has 0 aliphatic heterocycles. The van der Waals surface area contributed by atoms with Crippen molar-refractivity contribution in [3.63, 3.8) is 0 Å². The van der Waals surface area contributed by atoms with E-state index in [1.807, 2.05) is 25.3 Å². The van der Waals surface area contributed by atoms with Crippen molar-refractivity contribution >= 4 is 0 Å². The van der Waals surface area contributed by atoms with E-state index in [1.54, 1.807) is 6.07 Å². The standard InChI is InChI=1S/C16H18FN/c1-3-13-7-5-11-18-16(13)10-9-14-6-4-8-15(17)12(14)2/h4-8,11H,3,9-10H2,1-2H3. The summed E-state index contributed by atoms with van der Waals surface area (Å²) in [6, 6.07) is 9.36. The maximum absolute atomic E-state index is 13.4. The molecular weight excluding hydrogens is 225 g/mol. The fraction of sp³-hybridized carbons (Fsp3) is 0.312. The minimum atomic E-state index is -0.121. The Bertz CT molecular complexity index is 534. The summed E-state index contributed by atoms with van der Waals surface area (Å²) in [5.41, 5.74) is 4.24. The van der Waals surface area contributed by atoms with E-state index < -0.39 is 0 Å². The van der Waals surface area contributed by atoms with Crippen molar-refractivity contribution in [3.8, 4) is 0 Å². The monoisotopic (exact) mass is 243 g/mol. The number of aromatic nitrogens is 1. The van der Waals surface area contributed by atoms with E-state index in [1.165, 1.54) is 11.6 Å². The zero-order valence-corrected chi connectivity index (χ0v) is 10.9. The van der Waals surface area contributed by atoms with Gasteiger partial charge in [-0.05, 0) is 55.0 Å². The van der Waals surface area contributed by atoms with Crippen LogP contribution in [-0.2, 0) is 19.3 Å². The van der Waals surface area contributed by atoms with Crippen molar-refractivity contribution in [2.24, 2.45) is 0 Å². The first-order valence-electron chi connectivity index (χ1n) is 6.39. The normalized spacial score (nSPS) is 10.6. The Hall–Kier alpha value is -1.70. The van der Waals surface area contributed by atoms with Gasteiger partial charge in [-0.2, -0.15) is 0 Å². The van der Waals surface area contributed by atoms with Crippen LogP contribution < -0.4 is 0 Å². The Labute approximate surface area is 108 Å². The summed E-state index contributed by atoms with van der Waals surface area (Å²) in [5, 5.41) is 0. The van der Waals surface area contributed by atoms with Gasteiger partial charge in [0.05, 0.1) is 0 Å². The minimum absolute atomic E-state index is 0.121. The zero-order valence-electron chi connectivity index (χ0n) is 10.9. The molecule has 0 spiro atoms. The van der Waals surface area contributed by atoms with E-state index in [-0.39, 0.29) is 5.82 Å². The predicted molar refractivity (Wildman–Crippen MR) is 72.2 cm³/mol. The molecule has 1 heterocycles. The molecule has 0 bridgehead atoms. The van der Waals surface area contributed by atoms with E-state index in [4.69, 9.17) is 0 Å². The molecule has 18 heavy (non-hydrogen) atoms. The Kier molecular flexibility index (Phi) is 4.08. The summed E-state index contributed by atoms with van der Waals surface area (Å²) in [5.74, 6) is -0.121. The van der Waals surface area contributed by atoms with Crippen LogP contribution in [0.15, 0.2) is 36.5 Å². The van der Waals surface area contributed by atoms with E-state index in [0.717, 1.165) is 36.1 Å². The quantitative estimate of drug-likeness (QED) is 0.794. The van der Waals surface area contributed by atoms with E-state index in [9.17, 15) is 4.39 Å². The van der Waals surface area contributed by atoms with E-state index in [0.29, 0.717) is 0 Å². The smallest absolute Gasteiger partial charge is 0.126 e. The number of benzene rings is 1. The fourth-order valence-corrected chi connectivity index (χ4v) is 2.19. The Morgan fingerprint density at radius 3 is 2.61 bits per heavy atom. The second-order valence-corrected chi connectivity index (χ2v) is 4.49. The third kappa shape index (κ3) is 2.76. The molecule has 1 aromatic heterocycles. The number of pyridine rings is 1. The summed E-state index contributed by atoms with van der Waals surface area (Å²) >= 11 is 0. The molecule has 0 aliphatic rings. The number of hydrogen-bond donors (Lipinski definition) is 0. The number of nitrogens with zero attached hydrogens (tertiary/aromatic N) is 1. The Morgan fingerprint density at radius 2 is 1.83 bits per heavy atom. The molecule has 1 nitrogen and oxygen atoms in total. The fourth-order valence-electron chi connectivity index (χ4n) is 2.19. The van der Waals surface area contributed by atoms with Gasteiger partial charge in [-0.25, -0.2) is 4.39 Å². The van der Waals surface area contributed by atoms with Crippen LogP contribution in [0.4, 0.5) is 4.39 Å². The van der Waals surface area contributed by atoms with Crippen LogP contribution in [-0.4, -0.2) is 4.98 Å². The van der Waals surface area contributed by atoms with Gasteiger partial charge in [-0.3, -0.25) is 4.98 Å². The Morgan fingerprint density at radius 1 is 1.06 bits per heavy atom. The van der Waals surface area contributed by atoms with Crippen LogP contribution in [0.2, 0.25) is 0 Å². The first kappa shape index (κ1) is 12.7. The van der Waals surface area contributed by atoms with Gasteiger partial charge in [0, 0.05) is 11.9 Å². The lowest BCUT2D eigenvalue weighted by atomic mass is 10.00. The van der Waals surface area contributed by atoms with Gasteiger partial charge in [0.15, 0.2) is 0 Å². The van der Waals surface area contributed by atoms with Crippen molar-refractivity contribution in [2.75, 3.05) is 0 Å². The Balaban J connectivity index is 2.14. The van der Waals surface area contributed by atoms with Crippen molar-refractivity contribution < 1.29 is 4.39 Å². The molecule has 1 aromatic carbocycles. The van der Waals surface area contributed by atoms with Crippen LogP contribution in [0.25, 0.3) is 0 Å². The van der Waals surface area contributed by atoms with Gasteiger partial charge in [0.1, 0.15) is 5.82 Å². The molecule has 0 N–H and O–H groups in total. The predicted octanol–water partition coefficient (Wildman–Crippen LogP) is 3.88. The van der Waals surface area contributed by atoms with E-state index in [2.05, 4.69) is 18.0 Å². The summed E-state index contributed by atoms with van der Waals surface area (Å²) in [4.78, 5) is 4.42. The topological polar surface area (TPSA) is 12.9 Å². The molecular formula is C16H18FN. The van der Waals surface area contributed by atoms with Gasteiger partial charge in [-0.15, -0.1) is 0 Å². The van der Waals surface area contributed by atoms with Gasteiger partial charge >= 0.3 is 0 Å². The number of aryl methyl sites for hydroxylation is 3. The number of rotatable bonds is 4. The van der Waals surface area contributed by atoms with Crippen LogP contribution in [0, 0.1) is 12.7 Å². The van der Waals surface area contributed by atoms with E-state index >= 15 is 0 Å². The highest BCUT2D eigenvalue weighted by Gasteiger charge is 2.06. The first-order valence-corrected chi connectivity index (χ1v) is 6.39. The van der Waals surface area contributed by atoms with Gasteiger partial charge < -0.3 is 0 Å². The summed E-state index contributed by atoms with van der Waals surface area (Å²) < 4.78 is 13.4. The SMILES string of the molecule is CCc1cccnc1CCc1cccc(F)c1C. The third-order valence-corrected chi connectivity index (χ3v) is 3.38. The van der Waals surface area contributed by atoms with Crippen LogP contribution in [0.5, 0.6) is 0 Å². The highest BCUT2D eigenvalue weighted by Crippen LogP contribution is 2.16. The van der Waals surface area contributed by atoms with Crippen molar-refractivity contribution in [2.45, 2.75) is 33.1 Å². The van der Waals surface area contributed by atoms with Crippen LogP contribution >= 0.6 is 0 Å². The van der Waals surface area contributed by atoms with Crippen molar-refractivity contribution in [3.05, 3.63) is 64.7 Å². The molecule has 0 amide bonds. The number of halogens is 1. The van der Waals surface area contributed by atoms with Crippen molar-refractivity contribution in [1.82, 2.24) is 4.98 Å². The second kappa shape index (κ2) is 5.76. The lowest BCUT2D eigenvalue weighted by Gasteiger charge is -2.08. The molecule has 0 saturated heterocycles. The molecule has 0 saturated carbocycles. The average molecular weight is 243 g/mol. The molecule has 0 fully saturated rings. The van der Waals surface area contributed by atoms with Gasteiger partial charge in [0.25, 0.3) is 0 Å². The molecule has 2 heteroatoms. The summed E-state index contributed by atoms with van der Waals surface area (Å²) in [6.07, 6.45) is 4.53. The molecule has 94 valence electrons. The van der Waals surface area contributed by atoms with Crippen molar-refractivity contribution in [1.29, 1.82) is 0 Å². The first-order chi connectivity index (χ1) is 8.72. The van der Waals surface area contributed by atoms with Crippen LogP contribution in [0.1, 0.15) is 29.3 Å². The highest BCUT2D eigenvalue weighted by atomic mass is 19.1. The highest BCUT2D eigenvalue weighted by molar-refractivity contribution is 5.29. The lowest BCUT2D eigenvalue weighted by Crippen LogP contribution is -2.01. The average Bonchev–Trinajstić information content (AvgIpc) is 2.41. The zero-order chi connectivity index (χ0) is 13.0. The summed E-state index contributed by atoms with van der Waals surface area (Å²) in [6.45, 7) is 3.97. The van der Waals surface area contributed by atoms with Gasteiger partial charge in [-0.1, -0.05) is 25.1 Å². The molecule has 0 atom stereocenters. The minimum Gasteiger partial charge on any atom is -0.261 e. The largest absolute Gasteiger partial charge is 0.261 e. The molecule has 2 rings (SSSR count). The summed E-state index contributed by atoms with van der Waals surface area (Å²) in [7, 11) is 0. The van der Waals surface area contributed by atoms with Crippen LogP contribution in [0.3, 0.4) is 0 Å². The lowest BCUT2D eigenvalue weighted by molar-refractivity contribution is 0.615. The molecule has 0 unspecified atom stereocenters. The number of hydrogen-bond acceptors (Lipinski definition) is 1. The second-order valence-electron chi connectivity index (χ2n) is 4.49. The molecule has 0 aliphatic carbocycles. The molecule has 0 radical (unpaired) electrons. The maximum Gasteiger partial charge on any atom is 0.126 e.